The summed E-state index contributed by atoms with van der Waals surface area (Å²) in [5.74, 6) is 0.289. The zero-order valence-corrected chi connectivity index (χ0v) is 13.5. The van der Waals surface area contributed by atoms with Crippen LogP contribution in [0.25, 0.3) is 0 Å². The molecule has 6 heteroatoms. The zero-order valence-electron chi connectivity index (χ0n) is 12.7. The minimum Gasteiger partial charge on any atom is -0.323 e. The number of thiazole rings is 1. The van der Waals surface area contributed by atoms with E-state index >= 15 is 0 Å². The third-order valence-corrected chi connectivity index (χ3v) is 5.80. The van der Waals surface area contributed by atoms with E-state index in [1.807, 2.05) is 12.3 Å². The SMILES string of the molecule is Cc1nc(CN2C(=O)NC3(C2=O)[C@H](C)CCC[C@@H]3C)cs1. The van der Waals surface area contributed by atoms with E-state index in [1.165, 1.54) is 16.2 Å². The molecule has 1 saturated carbocycles. The van der Waals surface area contributed by atoms with E-state index in [1.54, 1.807) is 0 Å². The van der Waals surface area contributed by atoms with Crippen LogP contribution in [-0.4, -0.2) is 27.4 Å². The fourth-order valence-electron chi connectivity index (χ4n) is 3.74. The van der Waals surface area contributed by atoms with Crippen molar-refractivity contribution in [2.45, 2.75) is 52.1 Å². The summed E-state index contributed by atoms with van der Waals surface area (Å²) >= 11 is 1.54. The van der Waals surface area contributed by atoms with Crippen molar-refractivity contribution in [3.63, 3.8) is 0 Å². The van der Waals surface area contributed by atoms with Crippen molar-refractivity contribution in [3.05, 3.63) is 16.1 Å². The van der Waals surface area contributed by atoms with E-state index < -0.39 is 5.54 Å². The number of carbonyl (C=O) groups is 2. The van der Waals surface area contributed by atoms with Crippen molar-refractivity contribution in [2.75, 3.05) is 0 Å². The van der Waals surface area contributed by atoms with E-state index in [-0.39, 0.29) is 30.3 Å². The molecule has 114 valence electrons. The Hall–Kier alpha value is -1.43. The third kappa shape index (κ3) is 2.16. The van der Waals surface area contributed by atoms with Gasteiger partial charge in [-0.25, -0.2) is 9.78 Å². The lowest BCUT2D eigenvalue weighted by Gasteiger charge is -2.42. The molecule has 0 radical (unpaired) electrons. The van der Waals surface area contributed by atoms with Gasteiger partial charge in [-0.1, -0.05) is 20.3 Å². The first-order valence-electron chi connectivity index (χ1n) is 7.50. The Kier molecular flexibility index (Phi) is 3.51. The Morgan fingerprint density at radius 3 is 2.62 bits per heavy atom. The lowest BCUT2D eigenvalue weighted by molar-refractivity contribution is -0.137. The minimum absolute atomic E-state index is 0.0714. The quantitative estimate of drug-likeness (QED) is 0.855. The maximum Gasteiger partial charge on any atom is 0.325 e. The number of imide groups is 1. The summed E-state index contributed by atoms with van der Waals surface area (Å²) in [5, 5.41) is 5.87. The van der Waals surface area contributed by atoms with Crippen LogP contribution in [0.3, 0.4) is 0 Å². The predicted octanol–water partition coefficient (Wildman–Crippen LogP) is 2.70. The summed E-state index contributed by atoms with van der Waals surface area (Å²) in [4.78, 5) is 31.0. The van der Waals surface area contributed by atoms with Gasteiger partial charge in [0.1, 0.15) is 5.54 Å². The monoisotopic (exact) mass is 307 g/mol. The molecule has 1 spiro atoms. The highest BCUT2D eigenvalue weighted by atomic mass is 32.1. The van der Waals surface area contributed by atoms with Crippen molar-refractivity contribution in [1.29, 1.82) is 0 Å². The second-order valence-electron chi connectivity index (χ2n) is 6.28. The standard InChI is InChI=1S/C15H21N3O2S/c1-9-5-4-6-10(2)15(9)13(19)18(14(20)17-15)7-12-8-21-11(3)16-12/h8-10H,4-7H2,1-3H3,(H,17,20)/t9-,10+,15?. The number of rotatable bonds is 2. The first kappa shape index (κ1) is 14.5. The van der Waals surface area contributed by atoms with Crippen molar-refractivity contribution in [1.82, 2.24) is 15.2 Å². The average Bonchev–Trinajstić information content (AvgIpc) is 2.94. The summed E-state index contributed by atoms with van der Waals surface area (Å²) in [5.41, 5.74) is 0.0783. The molecule has 21 heavy (non-hydrogen) atoms. The maximum atomic E-state index is 12.9. The molecular formula is C15H21N3O2S. The number of nitrogens with one attached hydrogen (secondary N) is 1. The van der Waals surface area contributed by atoms with Crippen LogP contribution < -0.4 is 5.32 Å². The zero-order chi connectivity index (χ0) is 15.2. The van der Waals surface area contributed by atoms with E-state index in [4.69, 9.17) is 0 Å². The fourth-order valence-corrected chi connectivity index (χ4v) is 4.34. The maximum absolute atomic E-state index is 12.9. The van der Waals surface area contributed by atoms with Gasteiger partial charge in [-0.05, 0) is 31.6 Å². The highest BCUT2D eigenvalue weighted by molar-refractivity contribution is 7.09. The average molecular weight is 307 g/mol. The Bertz CT molecular complexity index is 573. The summed E-state index contributed by atoms with van der Waals surface area (Å²) < 4.78 is 0. The molecule has 5 nitrogen and oxygen atoms in total. The number of hydrogen-bond donors (Lipinski definition) is 1. The third-order valence-electron chi connectivity index (χ3n) is 4.97. The molecule has 0 aromatic carbocycles. The smallest absolute Gasteiger partial charge is 0.323 e. The first-order chi connectivity index (χ1) is 9.95. The molecule has 1 saturated heterocycles. The Morgan fingerprint density at radius 2 is 2.05 bits per heavy atom. The molecule has 2 fully saturated rings. The normalized spacial score (nSPS) is 32.8. The van der Waals surface area contributed by atoms with Gasteiger partial charge in [0.25, 0.3) is 5.91 Å². The highest BCUT2D eigenvalue weighted by Gasteiger charge is 2.58. The Labute approximate surface area is 128 Å². The van der Waals surface area contributed by atoms with Crippen molar-refractivity contribution in [3.8, 4) is 0 Å². The van der Waals surface area contributed by atoms with Crippen LogP contribution in [0.15, 0.2) is 5.38 Å². The van der Waals surface area contributed by atoms with Crippen molar-refractivity contribution in [2.24, 2.45) is 11.8 Å². The molecule has 1 aromatic heterocycles. The van der Waals surface area contributed by atoms with E-state index in [2.05, 4.69) is 24.1 Å². The van der Waals surface area contributed by atoms with Gasteiger partial charge in [-0.15, -0.1) is 11.3 Å². The van der Waals surface area contributed by atoms with E-state index in [9.17, 15) is 9.59 Å². The number of hydrogen-bond acceptors (Lipinski definition) is 4. The fraction of sp³-hybridized carbons (Fsp3) is 0.667. The van der Waals surface area contributed by atoms with Gasteiger partial charge < -0.3 is 5.32 Å². The lowest BCUT2D eigenvalue weighted by atomic mass is 9.67. The van der Waals surface area contributed by atoms with Gasteiger partial charge in [0.2, 0.25) is 0 Å². The Balaban J connectivity index is 1.87. The number of aromatic nitrogens is 1. The summed E-state index contributed by atoms with van der Waals surface area (Å²) in [6.07, 6.45) is 3.10. The van der Waals surface area contributed by atoms with Crippen molar-refractivity contribution >= 4 is 23.3 Å². The number of urea groups is 1. The number of carbonyl (C=O) groups excluding carboxylic acids is 2. The molecule has 3 rings (SSSR count). The van der Waals surface area contributed by atoms with Gasteiger partial charge in [-0.2, -0.15) is 0 Å². The van der Waals surface area contributed by atoms with Crippen LogP contribution in [0, 0.1) is 18.8 Å². The molecule has 2 heterocycles. The molecule has 1 aliphatic carbocycles. The van der Waals surface area contributed by atoms with E-state index in [0.717, 1.165) is 30.0 Å². The first-order valence-corrected chi connectivity index (χ1v) is 8.38. The highest BCUT2D eigenvalue weighted by Crippen LogP contribution is 2.42. The van der Waals surface area contributed by atoms with E-state index in [0.29, 0.717) is 0 Å². The van der Waals surface area contributed by atoms with Crippen LogP contribution in [0.2, 0.25) is 0 Å². The molecule has 2 aliphatic rings. The second-order valence-corrected chi connectivity index (χ2v) is 7.34. The largest absolute Gasteiger partial charge is 0.325 e. The van der Waals surface area contributed by atoms with Gasteiger partial charge in [0, 0.05) is 5.38 Å². The van der Waals surface area contributed by atoms with Gasteiger partial charge >= 0.3 is 6.03 Å². The molecule has 3 amide bonds. The molecule has 1 N–H and O–H groups in total. The topological polar surface area (TPSA) is 62.3 Å². The number of aryl methyl sites for hydroxylation is 1. The van der Waals surface area contributed by atoms with Gasteiger partial charge in [0.05, 0.1) is 17.2 Å². The van der Waals surface area contributed by atoms with Crippen LogP contribution in [0.1, 0.15) is 43.8 Å². The molecule has 1 aliphatic heterocycles. The molecular weight excluding hydrogens is 286 g/mol. The van der Waals surface area contributed by atoms with Crippen LogP contribution in [0.4, 0.5) is 4.79 Å². The lowest BCUT2D eigenvalue weighted by Crippen LogP contribution is -2.58. The number of amides is 3. The molecule has 0 bridgehead atoms. The van der Waals surface area contributed by atoms with Crippen LogP contribution in [0.5, 0.6) is 0 Å². The summed E-state index contributed by atoms with van der Waals surface area (Å²) in [7, 11) is 0. The predicted molar refractivity (Wildman–Crippen MR) is 80.8 cm³/mol. The van der Waals surface area contributed by atoms with Crippen LogP contribution in [-0.2, 0) is 11.3 Å². The molecule has 1 unspecified atom stereocenters. The van der Waals surface area contributed by atoms with Gasteiger partial charge in [0.15, 0.2) is 0 Å². The number of nitrogens with zero attached hydrogens (tertiary/aromatic N) is 2. The minimum atomic E-state index is -0.708. The molecule has 3 atom stereocenters. The summed E-state index contributed by atoms with van der Waals surface area (Å²) in [6.45, 7) is 6.34. The van der Waals surface area contributed by atoms with Gasteiger partial charge in [-0.3, -0.25) is 9.69 Å². The molecule has 1 aromatic rings. The Morgan fingerprint density at radius 1 is 1.38 bits per heavy atom. The van der Waals surface area contributed by atoms with Crippen LogP contribution >= 0.6 is 11.3 Å². The summed E-state index contributed by atoms with van der Waals surface area (Å²) in [6, 6.07) is -0.272. The second kappa shape index (κ2) is 5.09. The van der Waals surface area contributed by atoms with Crippen molar-refractivity contribution < 1.29 is 9.59 Å².